The van der Waals surface area contributed by atoms with E-state index in [1.54, 1.807) is 19.5 Å². The van der Waals surface area contributed by atoms with Gasteiger partial charge in [0.1, 0.15) is 0 Å². The zero-order valence-electron chi connectivity index (χ0n) is 8.86. The van der Waals surface area contributed by atoms with Crippen LogP contribution in [0.1, 0.15) is 6.92 Å². The molecule has 2 N–H and O–H groups in total. The molecule has 0 amide bonds. The molecule has 1 aromatic heterocycles. The summed E-state index contributed by atoms with van der Waals surface area (Å²) in [7, 11) is 1.67. The molecule has 0 saturated heterocycles. The van der Waals surface area contributed by atoms with Crippen molar-refractivity contribution < 1.29 is 4.74 Å². The molecule has 0 bridgehead atoms. The standard InChI is InChI=1S/C10H15N3OS/c1-8(14-2)6-12-10(15)13-9-4-3-5-11-7-9/h3-5,7-8H,6H2,1-2H3,(H2,12,13,15). The molecular weight excluding hydrogens is 210 g/mol. The average Bonchev–Trinajstić information content (AvgIpc) is 2.27. The Hall–Kier alpha value is -1.20. The Morgan fingerprint density at radius 2 is 2.47 bits per heavy atom. The summed E-state index contributed by atoms with van der Waals surface area (Å²) in [6, 6.07) is 3.75. The second-order valence-electron chi connectivity index (χ2n) is 3.12. The van der Waals surface area contributed by atoms with Crippen molar-refractivity contribution in [1.82, 2.24) is 10.3 Å². The topological polar surface area (TPSA) is 46.2 Å². The van der Waals surface area contributed by atoms with Crippen molar-refractivity contribution in [2.45, 2.75) is 13.0 Å². The first-order valence-electron chi connectivity index (χ1n) is 4.70. The Morgan fingerprint density at radius 3 is 3.07 bits per heavy atom. The quantitative estimate of drug-likeness (QED) is 0.759. The first-order chi connectivity index (χ1) is 7.22. The van der Waals surface area contributed by atoms with Gasteiger partial charge in [0, 0.05) is 19.9 Å². The predicted octanol–water partition coefficient (Wildman–Crippen LogP) is 1.40. The smallest absolute Gasteiger partial charge is 0.170 e. The first kappa shape index (κ1) is 11.9. The van der Waals surface area contributed by atoms with E-state index in [0.717, 1.165) is 5.69 Å². The summed E-state index contributed by atoms with van der Waals surface area (Å²) in [4.78, 5) is 3.97. The molecule has 82 valence electrons. The maximum absolute atomic E-state index is 5.10. The van der Waals surface area contributed by atoms with Gasteiger partial charge in [0.05, 0.1) is 18.0 Å². The van der Waals surface area contributed by atoms with Gasteiger partial charge < -0.3 is 15.4 Å². The number of methoxy groups -OCH3 is 1. The number of aromatic nitrogens is 1. The van der Waals surface area contributed by atoms with E-state index in [-0.39, 0.29) is 6.10 Å². The van der Waals surface area contributed by atoms with Gasteiger partial charge in [-0.25, -0.2) is 0 Å². The van der Waals surface area contributed by atoms with Gasteiger partial charge in [0.25, 0.3) is 0 Å². The second-order valence-corrected chi connectivity index (χ2v) is 3.53. The number of thiocarbonyl (C=S) groups is 1. The van der Waals surface area contributed by atoms with Crippen molar-refractivity contribution in [2.24, 2.45) is 0 Å². The van der Waals surface area contributed by atoms with Gasteiger partial charge >= 0.3 is 0 Å². The summed E-state index contributed by atoms with van der Waals surface area (Å²) in [6.07, 6.45) is 3.57. The van der Waals surface area contributed by atoms with Crippen molar-refractivity contribution >= 4 is 23.0 Å². The van der Waals surface area contributed by atoms with Crippen LogP contribution in [0.2, 0.25) is 0 Å². The molecule has 1 heterocycles. The van der Waals surface area contributed by atoms with Gasteiger partial charge in [-0.1, -0.05) is 0 Å². The number of nitrogens with one attached hydrogen (secondary N) is 2. The van der Waals surface area contributed by atoms with Crippen LogP contribution in [0, 0.1) is 0 Å². The molecule has 0 aromatic carbocycles. The van der Waals surface area contributed by atoms with E-state index in [1.807, 2.05) is 19.1 Å². The summed E-state index contributed by atoms with van der Waals surface area (Å²) in [5.41, 5.74) is 0.875. The third kappa shape index (κ3) is 4.71. The number of rotatable bonds is 4. The van der Waals surface area contributed by atoms with Crippen LogP contribution < -0.4 is 10.6 Å². The summed E-state index contributed by atoms with van der Waals surface area (Å²) < 4.78 is 5.09. The van der Waals surface area contributed by atoms with Crippen molar-refractivity contribution in [3.05, 3.63) is 24.5 Å². The van der Waals surface area contributed by atoms with Gasteiger partial charge in [-0.05, 0) is 31.3 Å². The monoisotopic (exact) mass is 225 g/mol. The van der Waals surface area contributed by atoms with E-state index in [2.05, 4.69) is 15.6 Å². The molecule has 0 radical (unpaired) electrons. The molecule has 0 aliphatic heterocycles. The Balaban J connectivity index is 2.31. The van der Waals surface area contributed by atoms with Gasteiger partial charge in [-0.2, -0.15) is 0 Å². The molecule has 0 saturated carbocycles. The van der Waals surface area contributed by atoms with Crippen LogP contribution >= 0.6 is 12.2 Å². The number of hydrogen-bond acceptors (Lipinski definition) is 3. The van der Waals surface area contributed by atoms with E-state index in [1.165, 1.54) is 0 Å². The lowest BCUT2D eigenvalue weighted by Gasteiger charge is -2.13. The van der Waals surface area contributed by atoms with Crippen molar-refractivity contribution in [2.75, 3.05) is 19.0 Å². The molecule has 0 aliphatic rings. The molecular formula is C10H15N3OS. The minimum absolute atomic E-state index is 0.138. The Bertz CT molecular complexity index is 305. The Morgan fingerprint density at radius 1 is 1.67 bits per heavy atom. The highest BCUT2D eigenvalue weighted by Crippen LogP contribution is 2.01. The molecule has 15 heavy (non-hydrogen) atoms. The lowest BCUT2D eigenvalue weighted by Crippen LogP contribution is -2.34. The molecule has 1 atom stereocenters. The van der Waals surface area contributed by atoms with Gasteiger partial charge in [0.2, 0.25) is 0 Å². The lowest BCUT2D eigenvalue weighted by molar-refractivity contribution is 0.121. The summed E-state index contributed by atoms with van der Waals surface area (Å²) in [5, 5.41) is 6.65. The number of nitrogens with zero attached hydrogens (tertiary/aromatic N) is 1. The van der Waals surface area contributed by atoms with E-state index in [4.69, 9.17) is 17.0 Å². The van der Waals surface area contributed by atoms with Crippen LogP contribution in [0.4, 0.5) is 5.69 Å². The van der Waals surface area contributed by atoms with Crippen LogP contribution in [0.15, 0.2) is 24.5 Å². The number of hydrogen-bond donors (Lipinski definition) is 2. The van der Waals surface area contributed by atoms with Crippen LogP contribution in [0.25, 0.3) is 0 Å². The zero-order chi connectivity index (χ0) is 11.1. The molecule has 0 fully saturated rings. The van der Waals surface area contributed by atoms with E-state index in [9.17, 15) is 0 Å². The third-order valence-corrected chi connectivity index (χ3v) is 2.12. The number of ether oxygens (including phenoxy) is 1. The van der Waals surface area contributed by atoms with E-state index < -0.39 is 0 Å². The first-order valence-corrected chi connectivity index (χ1v) is 5.11. The Kier molecular flexibility index (Phi) is 5.00. The molecule has 5 heteroatoms. The fraction of sp³-hybridized carbons (Fsp3) is 0.400. The van der Waals surface area contributed by atoms with Gasteiger partial charge in [-0.15, -0.1) is 0 Å². The van der Waals surface area contributed by atoms with Crippen LogP contribution in [-0.4, -0.2) is 29.9 Å². The second kappa shape index (κ2) is 6.31. The summed E-state index contributed by atoms with van der Waals surface area (Å²) >= 11 is 5.10. The fourth-order valence-corrected chi connectivity index (χ4v) is 1.13. The molecule has 0 spiro atoms. The highest BCUT2D eigenvalue weighted by Gasteiger charge is 2.00. The fourth-order valence-electron chi connectivity index (χ4n) is 0.932. The molecule has 1 unspecified atom stereocenters. The highest BCUT2D eigenvalue weighted by atomic mass is 32.1. The maximum atomic E-state index is 5.10. The molecule has 0 aliphatic carbocycles. The highest BCUT2D eigenvalue weighted by molar-refractivity contribution is 7.80. The SMILES string of the molecule is COC(C)CNC(=S)Nc1cccnc1. The summed E-state index contributed by atoms with van der Waals surface area (Å²) in [5.74, 6) is 0. The van der Waals surface area contributed by atoms with Crippen LogP contribution in [0.5, 0.6) is 0 Å². The van der Waals surface area contributed by atoms with Crippen molar-refractivity contribution in [1.29, 1.82) is 0 Å². The number of anilines is 1. The molecule has 1 aromatic rings. The maximum Gasteiger partial charge on any atom is 0.170 e. The normalized spacial score (nSPS) is 11.9. The predicted molar refractivity (Wildman–Crippen MR) is 64.9 cm³/mol. The molecule has 4 nitrogen and oxygen atoms in total. The minimum atomic E-state index is 0.138. The lowest BCUT2D eigenvalue weighted by atomic mass is 10.4. The Labute approximate surface area is 95.0 Å². The summed E-state index contributed by atoms with van der Waals surface area (Å²) in [6.45, 7) is 2.66. The zero-order valence-corrected chi connectivity index (χ0v) is 9.67. The van der Waals surface area contributed by atoms with Gasteiger partial charge in [-0.3, -0.25) is 4.98 Å². The number of pyridine rings is 1. The third-order valence-electron chi connectivity index (χ3n) is 1.87. The molecule has 1 rings (SSSR count). The minimum Gasteiger partial charge on any atom is -0.380 e. The van der Waals surface area contributed by atoms with E-state index >= 15 is 0 Å². The van der Waals surface area contributed by atoms with Crippen LogP contribution in [-0.2, 0) is 4.74 Å². The van der Waals surface area contributed by atoms with Gasteiger partial charge in [0.15, 0.2) is 5.11 Å². The average molecular weight is 225 g/mol. The van der Waals surface area contributed by atoms with Crippen LogP contribution in [0.3, 0.4) is 0 Å². The van der Waals surface area contributed by atoms with Crippen molar-refractivity contribution in [3.8, 4) is 0 Å². The van der Waals surface area contributed by atoms with Crippen molar-refractivity contribution in [3.63, 3.8) is 0 Å². The van der Waals surface area contributed by atoms with E-state index in [0.29, 0.717) is 11.7 Å². The largest absolute Gasteiger partial charge is 0.380 e.